The van der Waals surface area contributed by atoms with Gasteiger partial charge in [0, 0.05) is 44.4 Å². The number of nitrogens with one attached hydrogen (secondary N) is 1. The molecule has 13 heteroatoms. The van der Waals surface area contributed by atoms with Crippen LogP contribution in [-0.4, -0.2) is 79.2 Å². The van der Waals surface area contributed by atoms with E-state index in [-0.39, 0.29) is 30.7 Å². The lowest BCUT2D eigenvalue weighted by atomic mass is 9.80. The number of aromatic amines is 1. The predicted molar refractivity (Wildman–Crippen MR) is 215 cm³/mol. The summed E-state index contributed by atoms with van der Waals surface area (Å²) in [5.74, 6) is 3.77. The summed E-state index contributed by atoms with van der Waals surface area (Å²) in [6.07, 6.45) is 7.51. The molecule has 1 N–H and O–H groups in total. The quantitative estimate of drug-likeness (QED) is 0.0389. The number of H-pyrrole nitrogens is 1. The number of aromatic nitrogens is 2. The molecule has 3 aromatic carbocycles. The van der Waals surface area contributed by atoms with E-state index in [0.717, 1.165) is 16.7 Å². The van der Waals surface area contributed by atoms with Crippen molar-refractivity contribution in [3.05, 3.63) is 128 Å². The number of rotatable bonds is 18. The Labute approximate surface area is 324 Å². The molecule has 0 amide bonds. The number of terminal acetylenes is 1. The smallest absolute Gasteiger partial charge is 0.330 e. The van der Waals surface area contributed by atoms with E-state index in [0.29, 0.717) is 24.5 Å². The van der Waals surface area contributed by atoms with Gasteiger partial charge in [0.15, 0.2) is 0 Å². The van der Waals surface area contributed by atoms with Crippen LogP contribution in [0, 0.1) is 12.3 Å². The largest absolute Gasteiger partial charge is 0.497 e. The predicted octanol–water partition coefficient (Wildman–Crippen LogP) is 6.67. The van der Waals surface area contributed by atoms with Gasteiger partial charge in [0.2, 0.25) is 0 Å². The average Bonchev–Trinajstić information content (AvgIpc) is 3.59. The highest BCUT2D eigenvalue weighted by Gasteiger charge is 2.45. The molecule has 4 aromatic rings. The van der Waals surface area contributed by atoms with Crippen LogP contribution in [0.15, 0.2) is 99.6 Å². The van der Waals surface area contributed by atoms with Crippen LogP contribution in [0.2, 0.25) is 0 Å². The van der Waals surface area contributed by atoms with Gasteiger partial charge in [-0.2, -0.15) is 0 Å². The Morgan fingerprint density at radius 1 is 0.964 bits per heavy atom. The van der Waals surface area contributed by atoms with Crippen LogP contribution in [0.4, 0.5) is 0 Å². The third-order valence-electron chi connectivity index (χ3n) is 9.36. The third kappa shape index (κ3) is 9.62. The lowest BCUT2D eigenvalue weighted by molar-refractivity contribution is -0.0925. The molecule has 4 atom stereocenters. The molecule has 1 aliphatic heterocycles. The molecule has 1 aromatic heterocycles. The molecule has 0 spiro atoms. The van der Waals surface area contributed by atoms with Gasteiger partial charge in [-0.05, 0) is 68.7 Å². The molecule has 0 radical (unpaired) electrons. The second-order valence-corrected chi connectivity index (χ2v) is 15.0. The molecule has 4 unspecified atom stereocenters. The third-order valence-corrected chi connectivity index (χ3v) is 11.5. The molecule has 1 saturated heterocycles. The fraction of sp³-hybridized carbons (Fsp3) is 0.405. The van der Waals surface area contributed by atoms with E-state index < -0.39 is 43.8 Å². The lowest BCUT2D eigenvalue weighted by Crippen LogP contribution is -2.39. The van der Waals surface area contributed by atoms with E-state index in [9.17, 15) is 9.59 Å². The second kappa shape index (κ2) is 19.3. The van der Waals surface area contributed by atoms with Crippen molar-refractivity contribution < 1.29 is 28.0 Å². The molecule has 0 aliphatic carbocycles. The van der Waals surface area contributed by atoms with Crippen molar-refractivity contribution in [1.82, 2.24) is 14.2 Å². The molecular weight excluding hydrogens is 719 g/mol. The zero-order valence-corrected chi connectivity index (χ0v) is 33.4. The maximum absolute atomic E-state index is 13.2. The van der Waals surface area contributed by atoms with Crippen molar-refractivity contribution in [2.75, 3.05) is 34.5 Å². The maximum Gasteiger partial charge on any atom is 0.330 e. The molecule has 292 valence electrons. The van der Waals surface area contributed by atoms with Crippen molar-refractivity contribution in [2.24, 2.45) is 4.99 Å². The number of hydrogen-bond donors (Lipinski definition) is 1. The SMILES string of the molecule is C#Cc1cn(C2CC(OP(OCC/C=N/C)N(C(C)C)C(C)C)C(COC(c3ccccc3)(c3ccc(OC)cc3)c3ccc(OC)cc3)O2)c(=O)[nH]c1=O. The van der Waals surface area contributed by atoms with E-state index in [1.165, 1.54) is 10.8 Å². The van der Waals surface area contributed by atoms with Crippen LogP contribution >= 0.6 is 8.53 Å². The highest BCUT2D eigenvalue weighted by molar-refractivity contribution is 7.44. The van der Waals surface area contributed by atoms with Crippen LogP contribution in [-0.2, 0) is 24.1 Å². The van der Waals surface area contributed by atoms with Gasteiger partial charge >= 0.3 is 5.69 Å². The van der Waals surface area contributed by atoms with Crippen molar-refractivity contribution in [3.63, 3.8) is 0 Å². The van der Waals surface area contributed by atoms with Crippen molar-refractivity contribution in [2.45, 2.75) is 76.7 Å². The molecule has 2 heterocycles. The molecule has 55 heavy (non-hydrogen) atoms. The van der Waals surface area contributed by atoms with Gasteiger partial charge in [-0.25, -0.2) is 9.46 Å². The zero-order valence-electron chi connectivity index (χ0n) is 32.5. The molecule has 12 nitrogen and oxygen atoms in total. The Kier molecular flexibility index (Phi) is 14.6. The summed E-state index contributed by atoms with van der Waals surface area (Å²) >= 11 is 0. The van der Waals surface area contributed by atoms with Gasteiger partial charge < -0.3 is 33.0 Å². The summed E-state index contributed by atoms with van der Waals surface area (Å²) in [5, 5.41) is 0. The van der Waals surface area contributed by atoms with E-state index >= 15 is 0 Å². The van der Waals surface area contributed by atoms with Crippen molar-refractivity contribution >= 4 is 14.7 Å². The van der Waals surface area contributed by atoms with E-state index in [1.54, 1.807) is 27.5 Å². The van der Waals surface area contributed by atoms with E-state index in [1.807, 2.05) is 78.9 Å². The topological polar surface area (TPSA) is 126 Å². The fourth-order valence-corrected chi connectivity index (χ4v) is 8.54. The molecule has 1 fully saturated rings. The fourth-order valence-electron chi connectivity index (χ4n) is 6.77. The average molecular weight is 771 g/mol. The summed E-state index contributed by atoms with van der Waals surface area (Å²) in [5.41, 5.74) is 0.159. The summed E-state index contributed by atoms with van der Waals surface area (Å²) in [6, 6.07) is 25.7. The van der Waals surface area contributed by atoms with Crippen molar-refractivity contribution in [1.29, 1.82) is 0 Å². The standard InChI is InChI=1S/C42H51N4O8P/c1-9-31-27-45(41(48)44-40(31)47)39-26-37(54-55(52-25-13-24-43-6)46(29(2)3)30(4)5)38(53-39)28-51-42(32-14-11-10-12-15-32,33-16-20-35(49-7)21-17-33)34-18-22-36(50-8)23-19-34/h1,10-12,14-24,27,29-30,37-39H,13,25-26,28H2,2-8H3,(H,44,47,48)/b43-24+. The number of aliphatic imine (C=N–C) groups is 1. The van der Waals surface area contributed by atoms with Gasteiger partial charge in [0.25, 0.3) is 14.1 Å². The Balaban J connectivity index is 1.61. The molecule has 1 aliphatic rings. The number of nitrogens with zero attached hydrogens (tertiary/aromatic N) is 3. The normalized spacial score (nSPS) is 17.9. The Bertz CT molecular complexity index is 1950. The maximum atomic E-state index is 13.2. The first-order valence-corrected chi connectivity index (χ1v) is 19.4. The number of methoxy groups -OCH3 is 2. The van der Waals surface area contributed by atoms with Gasteiger partial charge in [-0.1, -0.05) is 60.5 Å². The molecule has 0 bridgehead atoms. The van der Waals surface area contributed by atoms with Crippen LogP contribution < -0.4 is 20.7 Å². The monoisotopic (exact) mass is 770 g/mol. The first-order valence-electron chi connectivity index (χ1n) is 18.3. The first-order chi connectivity index (χ1) is 26.6. The summed E-state index contributed by atoms with van der Waals surface area (Å²) < 4.78 is 41.9. The van der Waals surface area contributed by atoms with Crippen LogP contribution in [0.3, 0.4) is 0 Å². The first kappa shape index (κ1) is 41.6. The lowest BCUT2D eigenvalue weighted by Gasteiger charge is -2.39. The minimum Gasteiger partial charge on any atom is -0.497 e. The van der Waals surface area contributed by atoms with Gasteiger partial charge in [0.05, 0.1) is 33.5 Å². The van der Waals surface area contributed by atoms with E-state index in [2.05, 4.69) is 48.3 Å². The highest BCUT2D eigenvalue weighted by Crippen LogP contribution is 2.50. The molecule has 5 rings (SSSR count). The minimum absolute atomic E-state index is 0.0106. The zero-order chi connectivity index (χ0) is 39.5. The van der Waals surface area contributed by atoms with Gasteiger partial charge in [0.1, 0.15) is 35.0 Å². The van der Waals surface area contributed by atoms with Gasteiger partial charge in [-0.3, -0.25) is 14.3 Å². The highest BCUT2D eigenvalue weighted by atomic mass is 31.2. The minimum atomic E-state index is -1.62. The summed E-state index contributed by atoms with van der Waals surface area (Å²) in [4.78, 5) is 32.1. The van der Waals surface area contributed by atoms with Crippen LogP contribution in [0.5, 0.6) is 11.5 Å². The number of benzene rings is 3. The van der Waals surface area contributed by atoms with Crippen LogP contribution in [0.25, 0.3) is 0 Å². The van der Waals surface area contributed by atoms with E-state index in [4.69, 9.17) is 34.4 Å². The van der Waals surface area contributed by atoms with Crippen molar-refractivity contribution in [3.8, 4) is 23.8 Å². The molecule has 0 saturated carbocycles. The van der Waals surface area contributed by atoms with Crippen LogP contribution in [0.1, 0.15) is 69.0 Å². The number of ether oxygens (including phenoxy) is 4. The second-order valence-electron chi connectivity index (χ2n) is 13.5. The Morgan fingerprint density at radius 3 is 2.07 bits per heavy atom. The Morgan fingerprint density at radius 2 is 1.55 bits per heavy atom. The Hall–Kier alpha value is -4.60. The molecular formula is C42H51N4O8P. The summed E-state index contributed by atoms with van der Waals surface area (Å²) in [6.45, 7) is 8.83. The number of hydrogen-bond acceptors (Lipinski definition) is 10. The summed E-state index contributed by atoms with van der Waals surface area (Å²) in [7, 11) is 3.37. The van der Waals surface area contributed by atoms with Gasteiger partial charge in [-0.15, -0.1) is 6.42 Å².